The first-order valence-corrected chi connectivity index (χ1v) is 9.15. The predicted octanol–water partition coefficient (Wildman–Crippen LogP) is 2.89. The Kier molecular flexibility index (Phi) is 8.32. The smallest absolute Gasteiger partial charge is 0.191 e. The average Bonchev–Trinajstić information content (AvgIpc) is 3.32. The van der Waals surface area contributed by atoms with Crippen molar-refractivity contribution < 1.29 is 0 Å². The number of nitrogens with zero attached hydrogens (tertiary/aromatic N) is 2. The van der Waals surface area contributed by atoms with Crippen molar-refractivity contribution >= 4 is 29.9 Å². The zero-order valence-corrected chi connectivity index (χ0v) is 17.0. The second kappa shape index (κ2) is 10.2. The number of aliphatic imine (C=N–C) groups is 1. The number of halogens is 1. The summed E-state index contributed by atoms with van der Waals surface area (Å²) in [5.41, 5.74) is 1.37. The molecule has 5 heteroatoms. The molecule has 1 aromatic carbocycles. The van der Waals surface area contributed by atoms with Crippen LogP contribution in [0.4, 0.5) is 0 Å². The molecule has 1 saturated carbocycles. The van der Waals surface area contributed by atoms with Crippen LogP contribution in [0.1, 0.15) is 31.7 Å². The number of hydrogen-bond donors (Lipinski definition) is 2. The maximum absolute atomic E-state index is 4.81. The van der Waals surface area contributed by atoms with Crippen LogP contribution in [-0.2, 0) is 6.42 Å². The van der Waals surface area contributed by atoms with E-state index < -0.39 is 0 Å². The first-order valence-electron chi connectivity index (χ1n) is 9.15. The summed E-state index contributed by atoms with van der Waals surface area (Å²) >= 11 is 0. The van der Waals surface area contributed by atoms with Crippen molar-refractivity contribution in [3.63, 3.8) is 0 Å². The number of guanidine groups is 1. The van der Waals surface area contributed by atoms with Crippen molar-refractivity contribution in [2.75, 3.05) is 32.7 Å². The Morgan fingerprint density at radius 2 is 1.96 bits per heavy atom. The molecule has 2 N–H and O–H groups in total. The highest BCUT2D eigenvalue weighted by Gasteiger charge is 2.34. The molecule has 1 heterocycles. The van der Waals surface area contributed by atoms with Crippen LogP contribution in [0.15, 0.2) is 35.3 Å². The zero-order chi connectivity index (χ0) is 15.9. The van der Waals surface area contributed by atoms with Crippen LogP contribution in [0.2, 0.25) is 0 Å². The molecule has 1 saturated heterocycles. The van der Waals surface area contributed by atoms with Gasteiger partial charge in [-0.25, -0.2) is 0 Å². The lowest BCUT2D eigenvalue weighted by atomic mass is 10.1. The maximum Gasteiger partial charge on any atom is 0.191 e. The number of rotatable bonds is 7. The highest BCUT2D eigenvalue weighted by Crippen LogP contribution is 2.31. The Morgan fingerprint density at radius 3 is 2.67 bits per heavy atom. The molecule has 0 aromatic heterocycles. The van der Waals surface area contributed by atoms with Gasteiger partial charge in [-0.05, 0) is 50.6 Å². The molecule has 2 fully saturated rings. The third-order valence-electron chi connectivity index (χ3n) is 4.78. The summed E-state index contributed by atoms with van der Waals surface area (Å²) in [6.07, 6.45) is 5.17. The van der Waals surface area contributed by atoms with Gasteiger partial charge in [0, 0.05) is 32.2 Å². The van der Waals surface area contributed by atoms with Gasteiger partial charge in [-0.3, -0.25) is 4.99 Å². The van der Waals surface area contributed by atoms with Crippen molar-refractivity contribution in [1.82, 2.24) is 15.5 Å². The molecule has 1 unspecified atom stereocenters. The molecule has 0 bridgehead atoms. The standard InChI is InChI=1S/C19H30N4.HI/c1-2-20-19(21-12-10-16-6-4-3-5-7-16)22-14-17-11-13-23(15-17)18-8-9-18;/h3-7,17-18H,2,8-15H2,1H3,(H2,20,21,22);1H. The molecule has 1 aliphatic heterocycles. The summed E-state index contributed by atoms with van der Waals surface area (Å²) in [6.45, 7) is 7.44. The van der Waals surface area contributed by atoms with Crippen LogP contribution in [0.3, 0.4) is 0 Å². The van der Waals surface area contributed by atoms with E-state index in [0.717, 1.165) is 44.0 Å². The average molecular weight is 442 g/mol. The SMILES string of the molecule is CCNC(=NCC1CCN(C2CC2)C1)NCCc1ccccc1.I. The van der Waals surface area contributed by atoms with Crippen LogP contribution in [-0.4, -0.2) is 49.6 Å². The molecule has 2 aliphatic rings. The highest BCUT2D eigenvalue weighted by atomic mass is 127. The van der Waals surface area contributed by atoms with Gasteiger partial charge in [-0.1, -0.05) is 30.3 Å². The van der Waals surface area contributed by atoms with Crippen molar-refractivity contribution in [3.05, 3.63) is 35.9 Å². The molecular weight excluding hydrogens is 411 g/mol. The Bertz CT molecular complexity index is 501. The van der Waals surface area contributed by atoms with Crippen molar-refractivity contribution in [1.29, 1.82) is 0 Å². The third-order valence-corrected chi connectivity index (χ3v) is 4.78. The van der Waals surface area contributed by atoms with Crippen molar-refractivity contribution in [2.24, 2.45) is 10.9 Å². The van der Waals surface area contributed by atoms with Crippen LogP contribution in [0.5, 0.6) is 0 Å². The van der Waals surface area contributed by atoms with E-state index in [1.807, 2.05) is 0 Å². The number of nitrogens with one attached hydrogen (secondary N) is 2. The van der Waals surface area contributed by atoms with Gasteiger partial charge in [-0.15, -0.1) is 24.0 Å². The topological polar surface area (TPSA) is 39.7 Å². The predicted molar refractivity (Wildman–Crippen MR) is 112 cm³/mol. The second-order valence-corrected chi connectivity index (χ2v) is 6.76. The summed E-state index contributed by atoms with van der Waals surface area (Å²) in [7, 11) is 0. The summed E-state index contributed by atoms with van der Waals surface area (Å²) in [5.74, 6) is 1.70. The van der Waals surface area contributed by atoms with E-state index in [2.05, 4.69) is 52.8 Å². The first-order chi connectivity index (χ1) is 11.3. The Balaban J connectivity index is 0.00000208. The molecule has 134 valence electrons. The molecular formula is C19H31IN4. The van der Waals surface area contributed by atoms with E-state index >= 15 is 0 Å². The lowest BCUT2D eigenvalue weighted by molar-refractivity contribution is 0.315. The van der Waals surface area contributed by atoms with Crippen LogP contribution in [0, 0.1) is 5.92 Å². The quantitative estimate of drug-likeness (QED) is 0.388. The number of benzene rings is 1. The molecule has 3 rings (SSSR count). The van der Waals surface area contributed by atoms with E-state index in [1.54, 1.807) is 0 Å². The molecule has 0 spiro atoms. The van der Waals surface area contributed by atoms with Crippen LogP contribution in [0.25, 0.3) is 0 Å². The summed E-state index contributed by atoms with van der Waals surface area (Å²) in [6, 6.07) is 11.5. The largest absolute Gasteiger partial charge is 0.357 e. The van der Waals surface area contributed by atoms with Gasteiger partial charge < -0.3 is 15.5 Å². The normalized spacial score (nSPS) is 21.4. The minimum atomic E-state index is 0. The molecule has 1 atom stereocenters. The third kappa shape index (κ3) is 6.24. The van der Waals surface area contributed by atoms with Crippen LogP contribution < -0.4 is 10.6 Å². The van der Waals surface area contributed by atoms with Gasteiger partial charge in [0.05, 0.1) is 0 Å². The molecule has 4 nitrogen and oxygen atoms in total. The minimum absolute atomic E-state index is 0. The molecule has 24 heavy (non-hydrogen) atoms. The highest BCUT2D eigenvalue weighted by molar-refractivity contribution is 14.0. The molecule has 1 aliphatic carbocycles. The number of hydrogen-bond acceptors (Lipinski definition) is 2. The second-order valence-electron chi connectivity index (χ2n) is 6.76. The molecule has 0 radical (unpaired) electrons. The van der Waals surface area contributed by atoms with Crippen molar-refractivity contribution in [3.8, 4) is 0 Å². The fourth-order valence-electron chi connectivity index (χ4n) is 3.32. The molecule has 0 amide bonds. The molecule has 1 aromatic rings. The number of likely N-dealkylation sites (tertiary alicyclic amines) is 1. The van der Waals surface area contributed by atoms with E-state index in [-0.39, 0.29) is 24.0 Å². The fraction of sp³-hybridized carbons (Fsp3) is 0.632. The van der Waals surface area contributed by atoms with E-state index in [0.29, 0.717) is 0 Å². The first kappa shape index (κ1) is 19.5. The van der Waals surface area contributed by atoms with E-state index in [4.69, 9.17) is 4.99 Å². The summed E-state index contributed by atoms with van der Waals surface area (Å²) in [5, 5.41) is 6.83. The zero-order valence-electron chi connectivity index (χ0n) is 14.7. The monoisotopic (exact) mass is 442 g/mol. The van der Waals surface area contributed by atoms with Gasteiger partial charge >= 0.3 is 0 Å². The van der Waals surface area contributed by atoms with Gasteiger partial charge in [0.25, 0.3) is 0 Å². The summed E-state index contributed by atoms with van der Waals surface area (Å²) in [4.78, 5) is 7.47. The fourth-order valence-corrected chi connectivity index (χ4v) is 3.32. The van der Waals surface area contributed by atoms with E-state index in [9.17, 15) is 0 Å². The van der Waals surface area contributed by atoms with Gasteiger partial charge in [0.2, 0.25) is 0 Å². The minimum Gasteiger partial charge on any atom is -0.357 e. The van der Waals surface area contributed by atoms with Crippen LogP contribution >= 0.6 is 24.0 Å². The Hall–Kier alpha value is -0.820. The van der Waals surface area contributed by atoms with Gasteiger partial charge in [0.1, 0.15) is 0 Å². The van der Waals surface area contributed by atoms with Gasteiger partial charge in [0.15, 0.2) is 5.96 Å². The Labute approximate surface area is 163 Å². The maximum atomic E-state index is 4.81. The Morgan fingerprint density at radius 1 is 1.17 bits per heavy atom. The lowest BCUT2D eigenvalue weighted by Gasteiger charge is -2.15. The van der Waals surface area contributed by atoms with E-state index in [1.165, 1.54) is 37.9 Å². The van der Waals surface area contributed by atoms with Gasteiger partial charge in [-0.2, -0.15) is 0 Å². The van der Waals surface area contributed by atoms with Crippen molar-refractivity contribution in [2.45, 2.75) is 38.6 Å². The summed E-state index contributed by atoms with van der Waals surface area (Å²) < 4.78 is 0. The lowest BCUT2D eigenvalue weighted by Crippen LogP contribution is -2.38.